The van der Waals surface area contributed by atoms with Crippen LogP contribution in [-0.2, 0) is 4.74 Å². The maximum Gasteiger partial charge on any atom is 0.0878 e. The lowest BCUT2D eigenvalue weighted by atomic mass is 9.78. The summed E-state index contributed by atoms with van der Waals surface area (Å²) in [7, 11) is 0. The number of nitrogens with one attached hydrogen (secondary N) is 1. The Hall–Kier alpha value is 0.210. The number of alkyl halides is 1. The van der Waals surface area contributed by atoms with Gasteiger partial charge in [-0.05, 0) is 37.0 Å². The molecule has 0 aromatic carbocycles. The van der Waals surface area contributed by atoms with Gasteiger partial charge in [0, 0.05) is 18.6 Å². The van der Waals surface area contributed by atoms with Crippen molar-refractivity contribution in [2.75, 3.05) is 13.2 Å². The van der Waals surface area contributed by atoms with Crippen molar-refractivity contribution in [2.45, 2.75) is 52.1 Å². The molecule has 2 nitrogen and oxygen atoms in total. The van der Waals surface area contributed by atoms with E-state index in [9.17, 15) is 0 Å². The van der Waals surface area contributed by atoms with Crippen LogP contribution < -0.4 is 5.32 Å². The van der Waals surface area contributed by atoms with Gasteiger partial charge in [0.05, 0.1) is 12.1 Å². The van der Waals surface area contributed by atoms with E-state index in [0.29, 0.717) is 17.4 Å². The number of fused-ring (bicyclic) bond motifs is 1. The summed E-state index contributed by atoms with van der Waals surface area (Å²) in [4.78, 5) is 0. The average Bonchev–Trinajstić information content (AvgIpc) is 2.46. The molecule has 17 heavy (non-hydrogen) atoms. The molecule has 0 spiro atoms. The summed E-state index contributed by atoms with van der Waals surface area (Å²) in [5.41, 5.74) is 0.459. The number of halogens is 1. The van der Waals surface area contributed by atoms with Gasteiger partial charge in [0.15, 0.2) is 0 Å². The van der Waals surface area contributed by atoms with Crippen LogP contribution in [0, 0.1) is 23.2 Å². The molecular formula is C14H26ClNO. The van der Waals surface area contributed by atoms with E-state index in [0.717, 1.165) is 25.0 Å². The van der Waals surface area contributed by atoms with E-state index in [1.807, 2.05) is 6.92 Å². The lowest BCUT2D eigenvalue weighted by Gasteiger charge is -2.42. The van der Waals surface area contributed by atoms with Crippen LogP contribution in [0.15, 0.2) is 0 Å². The van der Waals surface area contributed by atoms with E-state index in [1.165, 1.54) is 12.8 Å². The molecule has 1 aliphatic heterocycles. The summed E-state index contributed by atoms with van der Waals surface area (Å²) in [5, 5.41) is 3.64. The fourth-order valence-electron chi connectivity index (χ4n) is 3.93. The van der Waals surface area contributed by atoms with Crippen molar-refractivity contribution < 1.29 is 4.74 Å². The Morgan fingerprint density at radius 2 is 2.12 bits per heavy atom. The molecular weight excluding hydrogens is 234 g/mol. The summed E-state index contributed by atoms with van der Waals surface area (Å²) in [6.45, 7) is 10.8. The molecule has 3 heteroatoms. The van der Waals surface area contributed by atoms with Gasteiger partial charge in [0.25, 0.3) is 0 Å². The third-order valence-corrected chi connectivity index (χ3v) is 5.20. The topological polar surface area (TPSA) is 21.3 Å². The Morgan fingerprint density at radius 3 is 2.76 bits per heavy atom. The first-order valence-corrected chi connectivity index (χ1v) is 7.37. The molecule has 1 heterocycles. The van der Waals surface area contributed by atoms with Crippen LogP contribution in [0.25, 0.3) is 0 Å². The lowest BCUT2D eigenvalue weighted by Crippen LogP contribution is -2.54. The van der Waals surface area contributed by atoms with Gasteiger partial charge in [0.2, 0.25) is 0 Å². The van der Waals surface area contributed by atoms with Gasteiger partial charge in [-0.1, -0.05) is 20.8 Å². The number of rotatable bonds is 3. The van der Waals surface area contributed by atoms with Crippen molar-refractivity contribution in [1.29, 1.82) is 0 Å². The summed E-state index contributed by atoms with van der Waals surface area (Å²) in [5.74, 6) is 2.04. The Labute approximate surface area is 110 Å². The second-order valence-electron chi connectivity index (χ2n) is 6.54. The van der Waals surface area contributed by atoms with Crippen LogP contribution in [0.2, 0.25) is 0 Å². The molecule has 100 valence electrons. The minimum absolute atomic E-state index is 0.0763. The highest BCUT2D eigenvalue weighted by Gasteiger charge is 2.50. The molecule has 5 atom stereocenters. The Bertz CT molecular complexity index is 269. The van der Waals surface area contributed by atoms with Gasteiger partial charge in [-0.3, -0.25) is 5.32 Å². The first kappa shape index (κ1) is 13.6. The summed E-state index contributed by atoms with van der Waals surface area (Å²) >= 11 is 6.47. The number of hydrogen-bond acceptors (Lipinski definition) is 2. The fraction of sp³-hybridized carbons (Fsp3) is 1.00. The molecule has 1 N–H and O–H groups in total. The van der Waals surface area contributed by atoms with Crippen LogP contribution in [0.4, 0.5) is 0 Å². The van der Waals surface area contributed by atoms with Crippen LogP contribution in [0.3, 0.4) is 0 Å². The average molecular weight is 260 g/mol. The van der Waals surface area contributed by atoms with Crippen LogP contribution >= 0.6 is 11.6 Å². The minimum Gasteiger partial charge on any atom is -0.381 e. The molecule has 4 unspecified atom stereocenters. The third-order valence-electron chi connectivity index (χ3n) is 4.71. The van der Waals surface area contributed by atoms with Crippen molar-refractivity contribution in [3.8, 4) is 0 Å². The molecule has 2 aliphatic rings. The van der Waals surface area contributed by atoms with Crippen LogP contribution in [0.5, 0.6) is 0 Å². The molecule has 2 fully saturated rings. The zero-order valence-electron chi connectivity index (χ0n) is 11.5. The molecule has 0 aromatic heterocycles. The van der Waals surface area contributed by atoms with E-state index >= 15 is 0 Å². The van der Waals surface area contributed by atoms with Crippen molar-refractivity contribution in [3.05, 3.63) is 0 Å². The lowest BCUT2D eigenvalue weighted by molar-refractivity contribution is 0.0599. The largest absolute Gasteiger partial charge is 0.381 e. The quantitative estimate of drug-likeness (QED) is 0.621. The highest BCUT2D eigenvalue weighted by Crippen LogP contribution is 2.50. The van der Waals surface area contributed by atoms with Crippen molar-refractivity contribution in [1.82, 2.24) is 5.32 Å². The Kier molecular flexibility index (Phi) is 4.06. The fourth-order valence-corrected chi connectivity index (χ4v) is 4.24. The smallest absolute Gasteiger partial charge is 0.0878 e. The summed E-state index contributed by atoms with van der Waals surface area (Å²) in [6.07, 6.45) is 2.52. The maximum atomic E-state index is 6.47. The van der Waals surface area contributed by atoms with Gasteiger partial charge in [-0.2, -0.15) is 0 Å². The normalized spacial score (nSPS) is 44.6. The minimum atomic E-state index is 0.0763. The van der Waals surface area contributed by atoms with E-state index < -0.39 is 0 Å². The van der Waals surface area contributed by atoms with Gasteiger partial charge in [-0.25, -0.2) is 0 Å². The number of piperidine rings is 1. The highest BCUT2D eigenvalue weighted by atomic mass is 35.5. The molecule has 1 saturated heterocycles. The first-order valence-electron chi connectivity index (χ1n) is 6.93. The highest BCUT2D eigenvalue weighted by molar-refractivity contribution is 6.20. The molecule has 1 aliphatic carbocycles. The van der Waals surface area contributed by atoms with Gasteiger partial charge in [-0.15, -0.1) is 11.6 Å². The van der Waals surface area contributed by atoms with E-state index in [2.05, 4.69) is 26.1 Å². The van der Waals surface area contributed by atoms with E-state index in [4.69, 9.17) is 16.3 Å². The molecule has 1 saturated carbocycles. The molecule has 2 rings (SSSR count). The van der Waals surface area contributed by atoms with Gasteiger partial charge < -0.3 is 4.74 Å². The SMILES string of the molecule is CCOCC1CC2C(NC1Cl)C(C)(C)C[C@@H]2C. The Morgan fingerprint density at radius 1 is 1.41 bits per heavy atom. The van der Waals surface area contributed by atoms with E-state index in [1.54, 1.807) is 0 Å². The zero-order chi connectivity index (χ0) is 12.6. The molecule has 0 amide bonds. The number of ether oxygens (including phenoxy) is 1. The molecule has 0 bridgehead atoms. The molecule has 0 aromatic rings. The van der Waals surface area contributed by atoms with Gasteiger partial charge >= 0.3 is 0 Å². The third kappa shape index (κ3) is 2.64. The Balaban J connectivity index is 2.03. The summed E-state index contributed by atoms with van der Waals surface area (Å²) < 4.78 is 5.55. The second kappa shape index (κ2) is 5.07. The first-order chi connectivity index (χ1) is 7.95. The molecule has 0 radical (unpaired) electrons. The van der Waals surface area contributed by atoms with Gasteiger partial charge in [0.1, 0.15) is 0 Å². The van der Waals surface area contributed by atoms with E-state index in [-0.39, 0.29) is 5.50 Å². The number of hydrogen-bond donors (Lipinski definition) is 1. The van der Waals surface area contributed by atoms with Crippen molar-refractivity contribution in [2.24, 2.45) is 23.2 Å². The summed E-state index contributed by atoms with van der Waals surface area (Å²) in [6, 6.07) is 0.581. The standard InChI is InChI=1S/C14H26ClNO/c1-5-17-8-10-6-11-9(2)7-14(3,4)12(11)16-13(10)15/h9-13,16H,5-8H2,1-4H3/t9-,10?,11?,12?,13?/m0/s1. The predicted octanol–water partition coefficient (Wildman–Crippen LogP) is 3.25. The maximum absolute atomic E-state index is 6.47. The van der Waals surface area contributed by atoms with Crippen LogP contribution in [-0.4, -0.2) is 24.8 Å². The predicted molar refractivity (Wildman–Crippen MR) is 72.2 cm³/mol. The van der Waals surface area contributed by atoms with Crippen LogP contribution in [0.1, 0.15) is 40.5 Å². The zero-order valence-corrected chi connectivity index (χ0v) is 12.3. The monoisotopic (exact) mass is 259 g/mol. The second-order valence-corrected chi connectivity index (χ2v) is 7.01. The van der Waals surface area contributed by atoms with Crippen molar-refractivity contribution in [3.63, 3.8) is 0 Å². The van der Waals surface area contributed by atoms with Crippen molar-refractivity contribution >= 4 is 11.6 Å².